The largest absolute Gasteiger partial charge is 0.390 e. The molecule has 0 unspecified atom stereocenters. The second kappa shape index (κ2) is 5.81. The molecule has 0 radical (unpaired) electrons. The van der Waals surface area contributed by atoms with Crippen molar-refractivity contribution in [2.75, 3.05) is 6.61 Å². The number of allylic oxidation sites excluding steroid dienone is 4. The predicted molar refractivity (Wildman–Crippen MR) is 96.8 cm³/mol. The number of alkyl halides is 1. The summed E-state index contributed by atoms with van der Waals surface area (Å²) in [4.78, 5) is 24.2. The van der Waals surface area contributed by atoms with Crippen LogP contribution in [0.2, 0.25) is 0 Å². The molecule has 6 nitrogen and oxygen atoms in total. The van der Waals surface area contributed by atoms with Crippen LogP contribution in [0.3, 0.4) is 0 Å². The number of aliphatic hydroxyl groups excluding tert-OH is 3. The topological polar surface area (TPSA) is 115 Å². The average Bonchev–Trinajstić information content (AvgIpc) is 2.84. The van der Waals surface area contributed by atoms with Gasteiger partial charge in [0.2, 0.25) is 0 Å². The van der Waals surface area contributed by atoms with Gasteiger partial charge >= 0.3 is 0 Å². The molecule has 0 spiro atoms. The molecule has 0 amide bonds. The van der Waals surface area contributed by atoms with Crippen molar-refractivity contribution < 1.29 is 34.4 Å². The summed E-state index contributed by atoms with van der Waals surface area (Å²) < 4.78 is 16.8. The number of carbonyl (C=O) groups excluding carboxylic acids is 2. The van der Waals surface area contributed by atoms with E-state index in [1.165, 1.54) is 18.2 Å². The van der Waals surface area contributed by atoms with Crippen LogP contribution in [0.1, 0.15) is 39.5 Å². The Morgan fingerprint density at radius 2 is 1.93 bits per heavy atom. The van der Waals surface area contributed by atoms with Crippen molar-refractivity contribution in [1.29, 1.82) is 0 Å². The standard InChI is InChI=1S/C21H27FO6/c1-18-6-5-12(24)7-11(18)3-4-13-14-8-15(25)21(28,17(27)10-23)19(14,2)9-16(26)20(13,18)22/h5-7,13-16,23,25-26,28H,3-4,8-10H2,1-2H3/t13-,14-,15+,16-,18-,19-,20-,21+/m0/s1. The number of halogens is 1. The van der Waals surface area contributed by atoms with Gasteiger partial charge in [-0.25, -0.2) is 4.39 Å². The van der Waals surface area contributed by atoms with E-state index < -0.39 is 58.5 Å². The zero-order chi connectivity index (χ0) is 20.7. The van der Waals surface area contributed by atoms with E-state index in [9.17, 15) is 30.0 Å². The number of hydrogen-bond acceptors (Lipinski definition) is 6. The Bertz CT molecular complexity index is 807. The number of Topliss-reactive ketones (excluding diaryl/α,β-unsaturated/α-hetero) is 1. The molecule has 0 bridgehead atoms. The molecule has 0 aromatic rings. The van der Waals surface area contributed by atoms with Crippen molar-refractivity contribution in [1.82, 2.24) is 0 Å². The first kappa shape index (κ1) is 19.9. The lowest BCUT2D eigenvalue weighted by atomic mass is 9.44. The van der Waals surface area contributed by atoms with Crippen LogP contribution in [0.25, 0.3) is 0 Å². The smallest absolute Gasteiger partial charge is 0.192 e. The quantitative estimate of drug-likeness (QED) is 0.546. The van der Waals surface area contributed by atoms with Crippen molar-refractivity contribution >= 4 is 11.6 Å². The minimum Gasteiger partial charge on any atom is -0.390 e. The number of fused-ring (bicyclic) bond motifs is 5. The van der Waals surface area contributed by atoms with Crippen molar-refractivity contribution in [3.05, 3.63) is 23.8 Å². The van der Waals surface area contributed by atoms with E-state index in [4.69, 9.17) is 0 Å². The SMILES string of the molecule is C[C@]12C=CC(=O)C=C1CC[C@H]1[C@@H]3C[C@@H](O)[C@@](O)(C(=O)CO)[C@@]3(C)C[C@H](O)[C@@]12F. The highest BCUT2D eigenvalue weighted by Crippen LogP contribution is 2.69. The Balaban J connectivity index is 1.84. The molecule has 0 aromatic carbocycles. The summed E-state index contributed by atoms with van der Waals surface area (Å²) >= 11 is 0. The first-order valence-electron chi connectivity index (χ1n) is 9.82. The van der Waals surface area contributed by atoms with Crippen LogP contribution in [0.4, 0.5) is 4.39 Å². The van der Waals surface area contributed by atoms with Crippen LogP contribution in [0.5, 0.6) is 0 Å². The summed E-state index contributed by atoms with van der Waals surface area (Å²) in [7, 11) is 0. The van der Waals surface area contributed by atoms with E-state index in [1.54, 1.807) is 13.8 Å². The summed E-state index contributed by atoms with van der Waals surface area (Å²) in [6, 6.07) is 0. The maximum atomic E-state index is 16.8. The highest BCUT2D eigenvalue weighted by Gasteiger charge is 2.76. The van der Waals surface area contributed by atoms with Gasteiger partial charge in [0.05, 0.1) is 12.2 Å². The third-order valence-electron chi connectivity index (χ3n) is 8.43. The molecular formula is C21H27FO6. The lowest BCUT2D eigenvalue weighted by Crippen LogP contribution is -2.69. The van der Waals surface area contributed by atoms with Crippen LogP contribution in [0, 0.1) is 22.7 Å². The van der Waals surface area contributed by atoms with E-state index >= 15 is 4.39 Å². The minimum absolute atomic E-state index is 0.0135. The van der Waals surface area contributed by atoms with Crippen molar-refractivity contribution in [2.24, 2.45) is 22.7 Å². The van der Waals surface area contributed by atoms with Gasteiger partial charge in [0.15, 0.2) is 22.8 Å². The van der Waals surface area contributed by atoms with Gasteiger partial charge in [-0.15, -0.1) is 0 Å². The third-order valence-corrected chi connectivity index (χ3v) is 8.43. The van der Waals surface area contributed by atoms with E-state index in [0.29, 0.717) is 18.4 Å². The molecule has 4 rings (SSSR count). The molecule has 4 aliphatic rings. The molecule has 154 valence electrons. The highest BCUT2D eigenvalue weighted by atomic mass is 19.1. The maximum Gasteiger partial charge on any atom is 0.192 e. The molecule has 0 aromatic heterocycles. The van der Waals surface area contributed by atoms with Crippen LogP contribution in [-0.2, 0) is 9.59 Å². The Morgan fingerprint density at radius 1 is 1.25 bits per heavy atom. The summed E-state index contributed by atoms with van der Waals surface area (Å²) in [6.45, 7) is 2.33. The summed E-state index contributed by atoms with van der Waals surface area (Å²) in [6.07, 6.45) is 1.93. The first-order valence-corrected chi connectivity index (χ1v) is 9.82. The molecule has 0 aliphatic heterocycles. The number of ketones is 2. The number of hydrogen-bond donors (Lipinski definition) is 4. The van der Waals surface area contributed by atoms with Gasteiger partial charge in [-0.1, -0.05) is 18.6 Å². The summed E-state index contributed by atoms with van der Waals surface area (Å²) in [5, 5.41) is 42.1. The summed E-state index contributed by atoms with van der Waals surface area (Å²) in [5.41, 5.74) is -6.12. The normalized spacial score (nSPS) is 52.5. The van der Waals surface area contributed by atoms with Crippen molar-refractivity contribution in [3.63, 3.8) is 0 Å². The minimum atomic E-state index is -2.23. The predicted octanol–water partition coefficient (Wildman–Crippen LogP) is 0.620. The van der Waals surface area contributed by atoms with Gasteiger partial charge in [-0.3, -0.25) is 9.59 Å². The molecule has 4 N–H and O–H groups in total. The van der Waals surface area contributed by atoms with Crippen LogP contribution >= 0.6 is 0 Å². The molecule has 28 heavy (non-hydrogen) atoms. The van der Waals surface area contributed by atoms with E-state index in [0.717, 1.165) is 0 Å². The maximum absolute atomic E-state index is 16.8. The van der Waals surface area contributed by atoms with E-state index in [2.05, 4.69) is 0 Å². The monoisotopic (exact) mass is 394 g/mol. The van der Waals surface area contributed by atoms with Gasteiger partial charge < -0.3 is 20.4 Å². The van der Waals surface area contributed by atoms with Crippen molar-refractivity contribution in [3.8, 4) is 0 Å². The zero-order valence-corrected chi connectivity index (χ0v) is 16.1. The summed E-state index contributed by atoms with van der Waals surface area (Å²) in [5.74, 6) is -2.38. The molecule has 4 aliphatic carbocycles. The van der Waals surface area contributed by atoms with E-state index in [-0.39, 0.29) is 18.6 Å². The second-order valence-corrected chi connectivity index (χ2v) is 9.36. The van der Waals surface area contributed by atoms with Crippen LogP contribution < -0.4 is 0 Å². The molecule has 3 saturated carbocycles. The van der Waals surface area contributed by atoms with E-state index in [1.807, 2.05) is 0 Å². The van der Waals surface area contributed by atoms with Gasteiger partial charge in [0.1, 0.15) is 6.61 Å². The highest BCUT2D eigenvalue weighted by molar-refractivity contribution is 6.01. The third kappa shape index (κ3) is 2.01. The fraction of sp³-hybridized carbons (Fsp3) is 0.714. The fourth-order valence-corrected chi connectivity index (χ4v) is 6.85. The van der Waals surface area contributed by atoms with Crippen LogP contribution in [0.15, 0.2) is 23.8 Å². The van der Waals surface area contributed by atoms with Crippen molar-refractivity contribution in [2.45, 2.75) is 63.0 Å². The Hall–Kier alpha value is -1.41. The molecular weight excluding hydrogens is 367 g/mol. The molecule has 0 saturated heterocycles. The Morgan fingerprint density at radius 3 is 2.57 bits per heavy atom. The second-order valence-electron chi connectivity index (χ2n) is 9.36. The lowest BCUT2D eigenvalue weighted by molar-refractivity contribution is -0.222. The number of rotatable bonds is 2. The average molecular weight is 394 g/mol. The first-order chi connectivity index (χ1) is 13.0. The molecule has 0 heterocycles. The van der Waals surface area contributed by atoms with Gasteiger partial charge in [0, 0.05) is 16.7 Å². The Kier molecular flexibility index (Phi) is 4.13. The Labute approximate surface area is 162 Å². The molecule has 8 atom stereocenters. The van der Waals surface area contributed by atoms with Gasteiger partial charge in [-0.05, 0) is 50.7 Å². The molecule has 3 fully saturated rings. The number of carbonyl (C=O) groups is 2. The zero-order valence-electron chi connectivity index (χ0n) is 16.1. The van der Waals surface area contributed by atoms with Crippen LogP contribution in [-0.4, -0.2) is 62.1 Å². The molecule has 7 heteroatoms. The fourth-order valence-electron chi connectivity index (χ4n) is 6.85. The lowest BCUT2D eigenvalue weighted by Gasteiger charge is -2.62. The van der Waals surface area contributed by atoms with Gasteiger partial charge in [-0.2, -0.15) is 0 Å². The number of aliphatic hydroxyl groups is 4. The van der Waals surface area contributed by atoms with Gasteiger partial charge in [0.25, 0.3) is 0 Å².